The van der Waals surface area contributed by atoms with Gasteiger partial charge in [0, 0.05) is 0 Å². The summed E-state index contributed by atoms with van der Waals surface area (Å²) in [5.74, 6) is 0.268. The van der Waals surface area contributed by atoms with Gasteiger partial charge in [-0.05, 0) is 28.8 Å². The number of hydrogen-bond acceptors (Lipinski definition) is 1. The van der Waals surface area contributed by atoms with Crippen LogP contribution in [0.15, 0.2) is 55.1 Å². The van der Waals surface area contributed by atoms with E-state index in [1.165, 1.54) is 0 Å². The summed E-state index contributed by atoms with van der Waals surface area (Å²) in [7, 11) is 0. The third-order valence-electron chi connectivity index (χ3n) is 2.34. The molecule has 0 saturated carbocycles. The minimum absolute atomic E-state index is 0.268. The Kier molecular flexibility index (Phi) is 2.55. The molecule has 0 fully saturated rings. The SMILES string of the molecule is C=Cc1cc(O)ccc1-c1ccccc1. The number of phenols is 1. The number of hydrogen-bond donors (Lipinski definition) is 1. The molecule has 0 spiro atoms. The Balaban J connectivity index is 2.58. The van der Waals surface area contributed by atoms with Crippen molar-refractivity contribution in [2.24, 2.45) is 0 Å². The van der Waals surface area contributed by atoms with Gasteiger partial charge in [0.25, 0.3) is 0 Å². The highest BCUT2D eigenvalue weighted by molar-refractivity contribution is 5.75. The van der Waals surface area contributed by atoms with E-state index >= 15 is 0 Å². The summed E-state index contributed by atoms with van der Waals surface area (Å²) in [6.07, 6.45) is 1.75. The van der Waals surface area contributed by atoms with E-state index in [1.807, 2.05) is 36.4 Å². The average Bonchev–Trinajstić information content (AvgIpc) is 2.30. The lowest BCUT2D eigenvalue weighted by atomic mass is 9.99. The van der Waals surface area contributed by atoms with Crippen LogP contribution in [-0.2, 0) is 0 Å². The molecule has 1 N–H and O–H groups in total. The largest absolute Gasteiger partial charge is 0.508 e. The van der Waals surface area contributed by atoms with Crippen molar-refractivity contribution < 1.29 is 5.11 Å². The first-order valence-electron chi connectivity index (χ1n) is 4.82. The van der Waals surface area contributed by atoms with Gasteiger partial charge in [0.1, 0.15) is 5.75 Å². The van der Waals surface area contributed by atoms with E-state index < -0.39 is 0 Å². The van der Waals surface area contributed by atoms with E-state index in [4.69, 9.17) is 0 Å². The molecule has 0 atom stereocenters. The minimum Gasteiger partial charge on any atom is -0.508 e. The molecule has 0 aliphatic heterocycles. The highest BCUT2D eigenvalue weighted by Gasteiger charge is 2.02. The lowest BCUT2D eigenvalue weighted by Gasteiger charge is -2.06. The lowest BCUT2D eigenvalue weighted by molar-refractivity contribution is 0.475. The summed E-state index contributed by atoms with van der Waals surface area (Å²) in [6, 6.07) is 15.4. The maximum Gasteiger partial charge on any atom is 0.116 e. The van der Waals surface area contributed by atoms with E-state index in [0.717, 1.165) is 16.7 Å². The Hall–Kier alpha value is -2.02. The van der Waals surface area contributed by atoms with E-state index in [1.54, 1.807) is 18.2 Å². The number of phenolic OH excluding ortho intramolecular Hbond substituents is 1. The second-order valence-corrected chi connectivity index (χ2v) is 3.34. The topological polar surface area (TPSA) is 20.2 Å². The second-order valence-electron chi connectivity index (χ2n) is 3.34. The summed E-state index contributed by atoms with van der Waals surface area (Å²) >= 11 is 0. The van der Waals surface area contributed by atoms with Gasteiger partial charge in [-0.15, -0.1) is 0 Å². The number of benzene rings is 2. The molecule has 1 heteroatoms. The second kappa shape index (κ2) is 4.01. The molecular weight excluding hydrogens is 184 g/mol. The molecule has 2 aromatic carbocycles. The van der Waals surface area contributed by atoms with Crippen molar-refractivity contribution in [3.63, 3.8) is 0 Å². The van der Waals surface area contributed by atoms with E-state index in [9.17, 15) is 5.11 Å². The summed E-state index contributed by atoms with van der Waals surface area (Å²) in [4.78, 5) is 0. The zero-order valence-corrected chi connectivity index (χ0v) is 8.35. The third-order valence-corrected chi connectivity index (χ3v) is 2.34. The molecule has 0 bridgehead atoms. The molecule has 0 heterocycles. The van der Waals surface area contributed by atoms with Crippen LogP contribution in [0, 0.1) is 0 Å². The van der Waals surface area contributed by atoms with Crippen molar-refractivity contribution in [1.82, 2.24) is 0 Å². The maximum absolute atomic E-state index is 9.37. The Labute approximate surface area is 89.3 Å². The van der Waals surface area contributed by atoms with E-state index in [-0.39, 0.29) is 5.75 Å². The Morgan fingerprint density at radius 2 is 1.73 bits per heavy atom. The first kappa shape index (κ1) is 9.53. The van der Waals surface area contributed by atoms with Crippen LogP contribution in [0.1, 0.15) is 5.56 Å². The Morgan fingerprint density at radius 1 is 1.00 bits per heavy atom. The van der Waals surface area contributed by atoms with Crippen molar-refractivity contribution >= 4 is 6.08 Å². The highest BCUT2D eigenvalue weighted by Crippen LogP contribution is 2.27. The molecule has 0 aromatic heterocycles. The Bertz CT molecular complexity index is 472. The van der Waals surface area contributed by atoms with Crippen LogP contribution in [0.25, 0.3) is 17.2 Å². The maximum atomic E-state index is 9.37. The van der Waals surface area contributed by atoms with Gasteiger partial charge in [0.15, 0.2) is 0 Å². The number of aromatic hydroxyl groups is 1. The fourth-order valence-electron chi connectivity index (χ4n) is 1.60. The first-order valence-corrected chi connectivity index (χ1v) is 4.82. The lowest BCUT2D eigenvalue weighted by Crippen LogP contribution is -1.82. The fourth-order valence-corrected chi connectivity index (χ4v) is 1.60. The van der Waals surface area contributed by atoms with Gasteiger partial charge in [0.2, 0.25) is 0 Å². The summed E-state index contributed by atoms with van der Waals surface area (Å²) in [5.41, 5.74) is 3.16. The molecule has 2 aromatic rings. The minimum atomic E-state index is 0.268. The van der Waals surface area contributed by atoms with Crippen LogP contribution in [0.2, 0.25) is 0 Å². The molecule has 15 heavy (non-hydrogen) atoms. The fraction of sp³-hybridized carbons (Fsp3) is 0. The van der Waals surface area contributed by atoms with Crippen molar-refractivity contribution in [3.05, 3.63) is 60.7 Å². The standard InChI is InChI=1S/C14H12O/c1-2-11-10-13(15)8-9-14(11)12-6-4-3-5-7-12/h2-10,15H,1H2. The van der Waals surface area contributed by atoms with Crippen LogP contribution in [0.5, 0.6) is 5.75 Å². The summed E-state index contributed by atoms with van der Waals surface area (Å²) in [6.45, 7) is 3.75. The molecule has 0 aliphatic carbocycles. The molecule has 2 rings (SSSR count). The molecule has 0 radical (unpaired) electrons. The first-order chi connectivity index (χ1) is 7.31. The molecule has 1 nitrogen and oxygen atoms in total. The molecule has 0 aliphatic rings. The molecule has 74 valence electrons. The molecule has 0 amide bonds. The van der Waals surface area contributed by atoms with E-state index in [2.05, 4.69) is 6.58 Å². The molecule has 0 saturated heterocycles. The van der Waals surface area contributed by atoms with Crippen molar-refractivity contribution in [2.45, 2.75) is 0 Å². The molecule has 0 unspecified atom stereocenters. The zero-order valence-electron chi connectivity index (χ0n) is 8.35. The molecular formula is C14H12O. The predicted octanol–water partition coefficient (Wildman–Crippen LogP) is 3.70. The van der Waals surface area contributed by atoms with Gasteiger partial charge in [-0.1, -0.05) is 49.1 Å². The van der Waals surface area contributed by atoms with Crippen LogP contribution in [-0.4, -0.2) is 5.11 Å². The van der Waals surface area contributed by atoms with Gasteiger partial charge in [-0.25, -0.2) is 0 Å². The van der Waals surface area contributed by atoms with Crippen molar-refractivity contribution in [1.29, 1.82) is 0 Å². The highest BCUT2D eigenvalue weighted by atomic mass is 16.3. The quantitative estimate of drug-likeness (QED) is 0.776. The monoisotopic (exact) mass is 196 g/mol. The summed E-state index contributed by atoms with van der Waals surface area (Å²) < 4.78 is 0. The van der Waals surface area contributed by atoms with Crippen LogP contribution < -0.4 is 0 Å². The van der Waals surface area contributed by atoms with Crippen molar-refractivity contribution in [3.8, 4) is 16.9 Å². The Morgan fingerprint density at radius 3 is 2.40 bits per heavy atom. The van der Waals surface area contributed by atoms with Gasteiger partial charge < -0.3 is 5.11 Å². The third kappa shape index (κ3) is 1.91. The number of rotatable bonds is 2. The van der Waals surface area contributed by atoms with Gasteiger partial charge >= 0.3 is 0 Å². The normalized spacial score (nSPS) is 9.87. The average molecular weight is 196 g/mol. The predicted molar refractivity (Wildman–Crippen MR) is 63.6 cm³/mol. The van der Waals surface area contributed by atoms with Crippen LogP contribution in [0.3, 0.4) is 0 Å². The van der Waals surface area contributed by atoms with Crippen LogP contribution in [0.4, 0.5) is 0 Å². The van der Waals surface area contributed by atoms with Crippen LogP contribution >= 0.6 is 0 Å². The van der Waals surface area contributed by atoms with Crippen molar-refractivity contribution in [2.75, 3.05) is 0 Å². The van der Waals surface area contributed by atoms with Gasteiger partial charge in [-0.3, -0.25) is 0 Å². The smallest absolute Gasteiger partial charge is 0.116 e. The van der Waals surface area contributed by atoms with E-state index in [0.29, 0.717) is 0 Å². The summed E-state index contributed by atoms with van der Waals surface area (Å²) in [5, 5.41) is 9.37. The van der Waals surface area contributed by atoms with Gasteiger partial charge in [0.05, 0.1) is 0 Å². The zero-order chi connectivity index (χ0) is 10.7. The van der Waals surface area contributed by atoms with Gasteiger partial charge in [-0.2, -0.15) is 0 Å².